The van der Waals surface area contributed by atoms with Crippen molar-refractivity contribution in [1.29, 1.82) is 0 Å². The fourth-order valence-corrected chi connectivity index (χ4v) is 2.72. The van der Waals surface area contributed by atoms with Crippen LogP contribution in [-0.2, 0) is 6.42 Å². The maximum atomic E-state index is 6.08. The first kappa shape index (κ1) is 17.3. The third-order valence-electron chi connectivity index (χ3n) is 3.58. The second-order valence-corrected chi connectivity index (χ2v) is 6.44. The van der Waals surface area contributed by atoms with Crippen LogP contribution in [0.4, 0.5) is 11.4 Å². The zero-order valence-electron chi connectivity index (χ0n) is 14.1. The van der Waals surface area contributed by atoms with Gasteiger partial charge in [-0.3, -0.25) is 4.98 Å². The standard InChI is InChI=1S/C18H24N4S/c1-5-14(19)17-15(6-7-20-18(17)23)22-16-10-21-13(8-11(2)3)9-12(16)4/h5-7,9-11H,8,19H2,1-4H3,(H2,20,22,23)/b14-5-. The number of nitrogens with one attached hydrogen (secondary N) is 1. The molecule has 4 nitrogen and oxygen atoms in total. The number of pyridine rings is 2. The Morgan fingerprint density at radius 2 is 2.09 bits per heavy atom. The van der Waals surface area contributed by atoms with Gasteiger partial charge < -0.3 is 11.1 Å². The van der Waals surface area contributed by atoms with Gasteiger partial charge in [0.15, 0.2) is 0 Å². The molecule has 0 radical (unpaired) electrons. The summed E-state index contributed by atoms with van der Waals surface area (Å²) >= 11 is 4.42. The Bertz CT molecular complexity index is 723. The SMILES string of the molecule is C/C=C(\N)c1c(Nc2cnc(CC(C)C)cc2C)ccnc1S. The summed E-state index contributed by atoms with van der Waals surface area (Å²) in [5, 5.41) is 4.01. The molecule has 122 valence electrons. The number of hydrogen-bond acceptors (Lipinski definition) is 5. The van der Waals surface area contributed by atoms with Crippen molar-refractivity contribution in [1.82, 2.24) is 9.97 Å². The molecule has 0 fully saturated rings. The van der Waals surface area contributed by atoms with Crippen molar-refractivity contribution in [3.05, 3.63) is 47.4 Å². The molecule has 2 heterocycles. The molecule has 2 aromatic heterocycles. The molecule has 0 saturated carbocycles. The minimum Gasteiger partial charge on any atom is -0.398 e. The van der Waals surface area contributed by atoms with Gasteiger partial charge in [0.05, 0.1) is 23.1 Å². The second kappa shape index (κ2) is 7.51. The van der Waals surface area contributed by atoms with Crippen molar-refractivity contribution in [2.24, 2.45) is 11.7 Å². The lowest BCUT2D eigenvalue weighted by Crippen LogP contribution is -2.05. The number of hydrogen-bond donors (Lipinski definition) is 3. The van der Waals surface area contributed by atoms with Gasteiger partial charge in [-0.1, -0.05) is 19.9 Å². The third kappa shape index (κ3) is 4.26. The average Bonchev–Trinajstić information content (AvgIpc) is 2.49. The summed E-state index contributed by atoms with van der Waals surface area (Å²) in [6.45, 7) is 8.36. The Hall–Kier alpha value is -2.01. The van der Waals surface area contributed by atoms with Gasteiger partial charge >= 0.3 is 0 Å². The molecule has 0 atom stereocenters. The lowest BCUT2D eigenvalue weighted by molar-refractivity contribution is 0.635. The van der Waals surface area contributed by atoms with E-state index < -0.39 is 0 Å². The van der Waals surface area contributed by atoms with E-state index in [9.17, 15) is 0 Å². The molecule has 0 aromatic carbocycles. The Morgan fingerprint density at radius 1 is 1.35 bits per heavy atom. The van der Waals surface area contributed by atoms with Gasteiger partial charge in [0.2, 0.25) is 0 Å². The highest BCUT2D eigenvalue weighted by atomic mass is 32.1. The molecular weight excluding hydrogens is 304 g/mol. The molecule has 3 N–H and O–H groups in total. The topological polar surface area (TPSA) is 63.8 Å². The maximum Gasteiger partial charge on any atom is 0.104 e. The van der Waals surface area contributed by atoms with Crippen molar-refractivity contribution in [3.63, 3.8) is 0 Å². The van der Waals surface area contributed by atoms with Crippen molar-refractivity contribution in [3.8, 4) is 0 Å². The summed E-state index contributed by atoms with van der Waals surface area (Å²) < 4.78 is 0. The molecule has 23 heavy (non-hydrogen) atoms. The van der Waals surface area contributed by atoms with Crippen molar-refractivity contribution < 1.29 is 0 Å². The number of rotatable bonds is 5. The van der Waals surface area contributed by atoms with Crippen molar-refractivity contribution in [2.45, 2.75) is 39.1 Å². The fraction of sp³-hybridized carbons (Fsp3) is 0.333. The van der Waals surface area contributed by atoms with Crippen LogP contribution in [0.5, 0.6) is 0 Å². The van der Waals surface area contributed by atoms with Crippen LogP contribution in [0.3, 0.4) is 0 Å². The molecule has 0 aliphatic rings. The van der Waals surface area contributed by atoms with E-state index in [0.717, 1.165) is 34.6 Å². The van der Waals surface area contributed by atoms with Crippen LogP contribution < -0.4 is 11.1 Å². The molecule has 0 saturated heterocycles. The highest BCUT2D eigenvalue weighted by Gasteiger charge is 2.11. The molecule has 0 bridgehead atoms. The summed E-state index contributed by atoms with van der Waals surface area (Å²) in [5.41, 5.74) is 11.6. The first-order valence-electron chi connectivity index (χ1n) is 7.75. The lowest BCUT2D eigenvalue weighted by Gasteiger charge is -2.16. The molecule has 0 aliphatic heterocycles. The first-order chi connectivity index (χ1) is 10.9. The molecule has 0 aliphatic carbocycles. The van der Waals surface area contributed by atoms with Crippen LogP contribution in [-0.4, -0.2) is 9.97 Å². The summed E-state index contributed by atoms with van der Waals surface area (Å²) in [5.74, 6) is 0.591. The van der Waals surface area contributed by atoms with Gasteiger partial charge in [0.1, 0.15) is 5.03 Å². The summed E-state index contributed by atoms with van der Waals surface area (Å²) in [6.07, 6.45) is 6.42. The predicted octanol–water partition coefficient (Wildman–Crippen LogP) is 4.34. The molecular formula is C18H24N4S. The minimum absolute atomic E-state index is 0.591. The van der Waals surface area contributed by atoms with Gasteiger partial charge in [-0.05, 0) is 43.9 Å². The number of aryl methyl sites for hydroxylation is 1. The Balaban J connectivity index is 2.35. The monoisotopic (exact) mass is 328 g/mol. The van der Waals surface area contributed by atoms with Crippen LogP contribution >= 0.6 is 12.6 Å². The van der Waals surface area contributed by atoms with Gasteiger partial charge in [-0.25, -0.2) is 4.98 Å². The quantitative estimate of drug-likeness (QED) is 0.715. The van der Waals surface area contributed by atoms with Crippen molar-refractivity contribution >= 4 is 29.7 Å². The van der Waals surface area contributed by atoms with Crippen LogP contribution in [0.1, 0.15) is 37.6 Å². The molecule has 0 amide bonds. The molecule has 2 aromatic rings. The number of allylic oxidation sites excluding steroid dienone is 1. The van der Waals surface area contributed by atoms with Crippen LogP contribution in [0.2, 0.25) is 0 Å². The van der Waals surface area contributed by atoms with Gasteiger partial charge in [-0.15, -0.1) is 12.6 Å². The average molecular weight is 328 g/mol. The number of aromatic nitrogens is 2. The molecule has 0 unspecified atom stereocenters. The number of thiol groups is 1. The zero-order valence-corrected chi connectivity index (χ0v) is 15.0. The summed E-state index contributed by atoms with van der Waals surface area (Å²) in [6, 6.07) is 4.02. The van der Waals surface area contributed by atoms with Crippen LogP contribution in [0, 0.1) is 12.8 Å². The van der Waals surface area contributed by atoms with E-state index in [1.54, 1.807) is 6.20 Å². The van der Waals surface area contributed by atoms with E-state index in [2.05, 4.69) is 54.8 Å². The fourth-order valence-electron chi connectivity index (χ4n) is 2.40. The van der Waals surface area contributed by atoms with E-state index in [1.807, 2.05) is 25.3 Å². The Labute approximate surface area is 143 Å². The van der Waals surface area contributed by atoms with E-state index in [4.69, 9.17) is 5.73 Å². The van der Waals surface area contributed by atoms with Gasteiger partial charge in [0.25, 0.3) is 0 Å². The Morgan fingerprint density at radius 3 is 2.70 bits per heavy atom. The second-order valence-electron chi connectivity index (χ2n) is 6.01. The number of nitrogens with two attached hydrogens (primary N) is 1. The predicted molar refractivity (Wildman–Crippen MR) is 100 cm³/mol. The van der Waals surface area contributed by atoms with E-state index in [-0.39, 0.29) is 0 Å². The first-order valence-corrected chi connectivity index (χ1v) is 8.19. The Kier molecular flexibility index (Phi) is 5.66. The van der Waals surface area contributed by atoms with E-state index in [1.165, 1.54) is 0 Å². The lowest BCUT2D eigenvalue weighted by atomic mass is 10.1. The third-order valence-corrected chi connectivity index (χ3v) is 3.92. The van der Waals surface area contributed by atoms with Crippen LogP contribution in [0.25, 0.3) is 5.70 Å². The molecule has 2 rings (SSSR count). The zero-order chi connectivity index (χ0) is 17.0. The number of anilines is 2. The highest BCUT2D eigenvalue weighted by Crippen LogP contribution is 2.29. The summed E-state index contributed by atoms with van der Waals surface area (Å²) in [4.78, 5) is 8.76. The summed E-state index contributed by atoms with van der Waals surface area (Å²) in [7, 11) is 0. The smallest absolute Gasteiger partial charge is 0.104 e. The highest BCUT2D eigenvalue weighted by molar-refractivity contribution is 7.80. The molecule has 0 spiro atoms. The van der Waals surface area contributed by atoms with E-state index in [0.29, 0.717) is 16.6 Å². The van der Waals surface area contributed by atoms with Gasteiger partial charge in [-0.2, -0.15) is 0 Å². The molecule has 5 heteroatoms. The number of nitrogens with zero attached hydrogens (tertiary/aromatic N) is 2. The van der Waals surface area contributed by atoms with E-state index >= 15 is 0 Å². The van der Waals surface area contributed by atoms with Gasteiger partial charge in [0, 0.05) is 17.6 Å². The largest absolute Gasteiger partial charge is 0.398 e. The van der Waals surface area contributed by atoms with Crippen LogP contribution in [0.15, 0.2) is 35.6 Å². The minimum atomic E-state index is 0.591. The maximum absolute atomic E-state index is 6.08. The normalized spacial score (nSPS) is 11.8. The van der Waals surface area contributed by atoms with Crippen molar-refractivity contribution in [2.75, 3.05) is 5.32 Å².